The standard InChI is InChI=1S/C14H14N2S2/c15-8-13(11-5-6-17-9-11)18-14-7-10-3-1-2-4-12(10)16-14/h1-7,9,13,16H,8,15H2. The van der Waals surface area contributed by atoms with Gasteiger partial charge in [0.2, 0.25) is 0 Å². The lowest BCUT2D eigenvalue weighted by atomic mass is 10.2. The molecule has 0 fully saturated rings. The Morgan fingerprint density at radius 3 is 2.89 bits per heavy atom. The zero-order valence-electron chi connectivity index (χ0n) is 9.80. The first-order valence-corrected chi connectivity index (χ1v) is 7.65. The summed E-state index contributed by atoms with van der Waals surface area (Å²) in [4.78, 5) is 3.43. The maximum Gasteiger partial charge on any atom is 0.0738 e. The summed E-state index contributed by atoms with van der Waals surface area (Å²) in [5.41, 5.74) is 8.37. The molecular weight excluding hydrogens is 260 g/mol. The fraction of sp³-hybridized carbons (Fsp3) is 0.143. The summed E-state index contributed by atoms with van der Waals surface area (Å²) < 4.78 is 0. The molecule has 18 heavy (non-hydrogen) atoms. The van der Waals surface area contributed by atoms with Crippen molar-refractivity contribution in [2.45, 2.75) is 10.3 Å². The van der Waals surface area contributed by atoms with Crippen molar-refractivity contribution in [3.63, 3.8) is 0 Å². The molecule has 2 heterocycles. The van der Waals surface area contributed by atoms with Crippen LogP contribution in [0.3, 0.4) is 0 Å². The Bertz CT molecular complexity index is 595. The van der Waals surface area contributed by atoms with Crippen LogP contribution in [0.4, 0.5) is 0 Å². The number of H-pyrrole nitrogens is 1. The van der Waals surface area contributed by atoms with Gasteiger partial charge in [0.25, 0.3) is 0 Å². The molecule has 3 aromatic rings. The minimum absolute atomic E-state index is 0.323. The van der Waals surface area contributed by atoms with Crippen LogP contribution in [0, 0.1) is 0 Å². The van der Waals surface area contributed by atoms with Gasteiger partial charge in [0.15, 0.2) is 0 Å². The minimum Gasteiger partial charge on any atom is -0.350 e. The number of thioether (sulfide) groups is 1. The van der Waals surface area contributed by atoms with Crippen molar-refractivity contribution in [1.82, 2.24) is 4.98 Å². The Morgan fingerprint density at radius 2 is 2.17 bits per heavy atom. The average molecular weight is 274 g/mol. The third kappa shape index (κ3) is 2.32. The van der Waals surface area contributed by atoms with Gasteiger partial charge in [-0.05, 0) is 34.5 Å². The van der Waals surface area contributed by atoms with E-state index in [-0.39, 0.29) is 0 Å². The lowest BCUT2D eigenvalue weighted by Gasteiger charge is -2.11. The number of aromatic nitrogens is 1. The van der Waals surface area contributed by atoms with Gasteiger partial charge in [-0.15, -0.1) is 0 Å². The van der Waals surface area contributed by atoms with E-state index >= 15 is 0 Å². The number of fused-ring (bicyclic) bond motifs is 1. The predicted octanol–water partition coefficient (Wildman–Crippen LogP) is 4.02. The topological polar surface area (TPSA) is 41.8 Å². The highest BCUT2D eigenvalue weighted by Gasteiger charge is 2.13. The van der Waals surface area contributed by atoms with Gasteiger partial charge in [-0.1, -0.05) is 30.0 Å². The number of hydrogen-bond donors (Lipinski definition) is 2. The van der Waals surface area contributed by atoms with Crippen molar-refractivity contribution in [3.05, 3.63) is 52.7 Å². The molecule has 0 spiro atoms. The molecule has 1 unspecified atom stereocenters. The molecule has 0 radical (unpaired) electrons. The molecule has 0 saturated heterocycles. The zero-order valence-corrected chi connectivity index (χ0v) is 11.4. The number of rotatable bonds is 4. The fourth-order valence-electron chi connectivity index (χ4n) is 1.97. The first kappa shape index (κ1) is 11.8. The molecule has 1 atom stereocenters. The van der Waals surface area contributed by atoms with E-state index < -0.39 is 0 Å². The third-order valence-electron chi connectivity index (χ3n) is 2.90. The Labute approximate surface area is 114 Å². The molecule has 0 bridgehead atoms. The number of para-hydroxylation sites is 1. The molecule has 2 nitrogen and oxygen atoms in total. The predicted molar refractivity (Wildman–Crippen MR) is 80.3 cm³/mol. The second kappa shape index (κ2) is 5.18. The van der Waals surface area contributed by atoms with Crippen LogP contribution in [-0.4, -0.2) is 11.5 Å². The van der Waals surface area contributed by atoms with E-state index in [9.17, 15) is 0 Å². The maximum atomic E-state index is 5.88. The van der Waals surface area contributed by atoms with Gasteiger partial charge in [0, 0.05) is 22.7 Å². The summed E-state index contributed by atoms with van der Waals surface area (Å²) in [6.07, 6.45) is 0. The van der Waals surface area contributed by atoms with E-state index in [0.717, 1.165) is 0 Å². The number of thiophene rings is 1. The van der Waals surface area contributed by atoms with Crippen LogP contribution in [0.2, 0.25) is 0 Å². The first-order valence-electron chi connectivity index (χ1n) is 5.83. The van der Waals surface area contributed by atoms with Gasteiger partial charge < -0.3 is 10.7 Å². The van der Waals surface area contributed by atoms with Gasteiger partial charge in [-0.2, -0.15) is 11.3 Å². The first-order chi connectivity index (χ1) is 8.86. The fourth-order valence-corrected chi connectivity index (χ4v) is 3.82. The summed E-state index contributed by atoms with van der Waals surface area (Å²) in [6.45, 7) is 0.650. The Morgan fingerprint density at radius 1 is 1.28 bits per heavy atom. The lowest BCUT2D eigenvalue weighted by molar-refractivity contribution is 0.943. The number of nitrogens with two attached hydrogens (primary N) is 1. The van der Waals surface area contributed by atoms with Crippen molar-refractivity contribution >= 4 is 34.0 Å². The number of benzene rings is 1. The highest BCUT2D eigenvalue weighted by Crippen LogP contribution is 2.36. The van der Waals surface area contributed by atoms with Crippen molar-refractivity contribution in [1.29, 1.82) is 0 Å². The molecule has 0 aliphatic rings. The number of nitrogens with one attached hydrogen (secondary N) is 1. The van der Waals surface area contributed by atoms with Crippen LogP contribution < -0.4 is 5.73 Å². The summed E-state index contributed by atoms with van der Waals surface area (Å²) in [6, 6.07) is 12.7. The molecule has 1 aromatic carbocycles. The van der Waals surface area contributed by atoms with E-state index in [4.69, 9.17) is 5.73 Å². The average Bonchev–Trinajstić information content (AvgIpc) is 3.04. The molecule has 0 aliphatic carbocycles. The van der Waals surface area contributed by atoms with Crippen molar-refractivity contribution < 1.29 is 0 Å². The molecule has 0 saturated carbocycles. The summed E-state index contributed by atoms with van der Waals surface area (Å²) in [7, 11) is 0. The highest BCUT2D eigenvalue weighted by atomic mass is 32.2. The highest BCUT2D eigenvalue weighted by molar-refractivity contribution is 7.99. The number of hydrogen-bond acceptors (Lipinski definition) is 3. The quantitative estimate of drug-likeness (QED) is 0.706. The smallest absolute Gasteiger partial charge is 0.0738 e. The number of aromatic amines is 1. The van der Waals surface area contributed by atoms with Crippen molar-refractivity contribution in [2.24, 2.45) is 5.73 Å². The van der Waals surface area contributed by atoms with Crippen LogP contribution in [0.15, 0.2) is 52.2 Å². The zero-order chi connectivity index (χ0) is 12.4. The van der Waals surface area contributed by atoms with Crippen LogP contribution >= 0.6 is 23.1 Å². The summed E-state index contributed by atoms with van der Waals surface area (Å²) in [5.74, 6) is 0. The molecule has 0 aliphatic heterocycles. The molecule has 92 valence electrons. The lowest BCUT2D eigenvalue weighted by Crippen LogP contribution is -2.08. The molecule has 3 rings (SSSR count). The van der Waals surface area contributed by atoms with Gasteiger partial charge in [0.1, 0.15) is 0 Å². The van der Waals surface area contributed by atoms with E-state index in [0.29, 0.717) is 11.8 Å². The van der Waals surface area contributed by atoms with Gasteiger partial charge >= 0.3 is 0 Å². The van der Waals surface area contributed by atoms with Crippen LogP contribution in [0.1, 0.15) is 10.8 Å². The largest absolute Gasteiger partial charge is 0.350 e. The van der Waals surface area contributed by atoms with E-state index in [2.05, 4.69) is 46.1 Å². The van der Waals surface area contributed by atoms with E-state index in [1.807, 2.05) is 6.07 Å². The summed E-state index contributed by atoms with van der Waals surface area (Å²) in [5, 5.41) is 7.03. The van der Waals surface area contributed by atoms with Crippen LogP contribution in [-0.2, 0) is 0 Å². The molecule has 3 N–H and O–H groups in total. The summed E-state index contributed by atoms with van der Waals surface area (Å²) >= 11 is 3.52. The monoisotopic (exact) mass is 274 g/mol. The Kier molecular flexibility index (Phi) is 3.41. The minimum atomic E-state index is 0.323. The molecule has 0 amide bonds. The normalized spacial score (nSPS) is 12.9. The van der Waals surface area contributed by atoms with Gasteiger partial charge in [-0.25, -0.2) is 0 Å². The molecule has 4 heteroatoms. The third-order valence-corrected chi connectivity index (χ3v) is 4.83. The maximum absolute atomic E-state index is 5.88. The molecular formula is C14H14N2S2. The molecule has 2 aromatic heterocycles. The SMILES string of the molecule is NCC(Sc1cc2ccccc2[nH]1)c1ccsc1. The second-order valence-electron chi connectivity index (χ2n) is 4.12. The van der Waals surface area contributed by atoms with E-state index in [1.54, 1.807) is 23.1 Å². The van der Waals surface area contributed by atoms with Gasteiger partial charge in [-0.3, -0.25) is 0 Å². The van der Waals surface area contributed by atoms with E-state index in [1.165, 1.54) is 21.5 Å². The van der Waals surface area contributed by atoms with Crippen LogP contribution in [0.5, 0.6) is 0 Å². The van der Waals surface area contributed by atoms with Gasteiger partial charge in [0.05, 0.1) is 5.03 Å². The Balaban J connectivity index is 1.86. The Hall–Kier alpha value is -1.23. The van der Waals surface area contributed by atoms with Crippen molar-refractivity contribution in [2.75, 3.05) is 6.54 Å². The van der Waals surface area contributed by atoms with Crippen molar-refractivity contribution in [3.8, 4) is 0 Å². The second-order valence-corrected chi connectivity index (χ2v) is 6.14. The van der Waals surface area contributed by atoms with Crippen LogP contribution in [0.25, 0.3) is 10.9 Å².